The van der Waals surface area contributed by atoms with Gasteiger partial charge in [0.15, 0.2) is 0 Å². The van der Waals surface area contributed by atoms with Gasteiger partial charge < -0.3 is 15.0 Å². The first-order valence-corrected chi connectivity index (χ1v) is 7.32. The molecule has 0 aliphatic carbocycles. The van der Waals surface area contributed by atoms with Gasteiger partial charge in [0.05, 0.1) is 6.07 Å². The molecule has 0 bridgehead atoms. The molecule has 1 N–H and O–H groups in total. The molecule has 0 fully saturated rings. The molecule has 1 heterocycles. The van der Waals surface area contributed by atoms with Crippen LogP contribution in [0.15, 0.2) is 16.8 Å². The van der Waals surface area contributed by atoms with E-state index in [0.29, 0.717) is 0 Å². The third kappa shape index (κ3) is 5.83. The van der Waals surface area contributed by atoms with Gasteiger partial charge in [-0.1, -0.05) is 0 Å². The first-order chi connectivity index (χ1) is 9.73. The Bertz CT molecular complexity index is 529. The molecule has 21 heavy (non-hydrogen) atoms. The first kappa shape index (κ1) is 17.0. The summed E-state index contributed by atoms with van der Waals surface area (Å²) in [4.78, 5) is 24.8. The van der Waals surface area contributed by atoms with Crippen molar-refractivity contribution in [3.05, 3.63) is 22.4 Å². The van der Waals surface area contributed by atoms with Crippen LogP contribution < -0.4 is 5.32 Å². The van der Waals surface area contributed by atoms with Crippen LogP contribution in [0.2, 0.25) is 0 Å². The van der Waals surface area contributed by atoms with Gasteiger partial charge in [0, 0.05) is 7.05 Å². The Kier molecular flexibility index (Phi) is 5.73. The molecule has 7 heteroatoms. The second-order valence-electron chi connectivity index (χ2n) is 5.52. The average molecular weight is 309 g/mol. The fraction of sp³-hybridized carbons (Fsp3) is 0.500. The largest absolute Gasteiger partial charge is 0.444 e. The van der Waals surface area contributed by atoms with Gasteiger partial charge in [-0.25, -0.2) is 4.79 Å². The number of likely N-dealkylation sites (N-methyl/N-ethyl adjacent to an activating group) is 1. The molecule has 0 radical (unpaired) electrons. The van der Waals surface area contributed by atoms with Crippen LogP contribution in [0.3, 0.4) is 0 Å². The smallest absolute Gasteiger partial charge is 0.410 e. The molecule has 0 spiro atoms. The predicted octanol–water partition coefficient (Wildman–Crippen LogP) is 2.30. The second-order valence-corrected chi connectivity index (χ2v) is 6.30. The zero-order valence-corrected chi connectivity index (χ0v) is 13.4. The topological polar surface area (TPSA) is 82.4 Å². The van der Waals surface area contributed by atoms with E-state index in [0.717, 1.165) is 5.56 Å². The monoisotopic (exact) mass is 309 g/mol. The highest BCUT2D eigenvalue weighted by molar-refractivity contribution is 7.08. The lowest BCUT2D eigenvalue weighted by Crippen LogP contribution is -2.41. The number of ether oxygens (including phenoxy) is 1. The van der Waals surface area contributed by atoms with Crippen LogP contribution in [0.4, 0.5) is 4.79 Å². The van der Waals surface area contributed by atoms with E-state index in [1.165, 1.54) is 23.3 Å². The van der Waals surface area contributed by atoms with Gasteiger partial charge in [-0.05, 0) is 43.2 Å². The van der Waals surface area contributed by atoms with Gasteiger partial charge in [0.2, 0.25) is 5.91 Å². The van der Waals surface area contributed by atoms with Crippen LogP contribution >= 0.6 is 11.3 Å². The maximum Gasteiger partial charge on any atom is 0.410 e. The standard InChI is InChI=1S/C14H19N3O3S/c1-14(2,3)20-13(19)17(4)8-12(18)16-11(7-15)10-5-6-21-9-10/h5-6,9,11H,8H2,1-4H3,(H,16,18)/t11-/m1/s1. The number of carbonyl (C=O) groups excluding carboxylic acids is 2. The highest BCUT2D eigenvalue weighted by atomic mass is 32.1. The van der Waals surface area contributed by atoms with Gasteiger partial charge in [0.1, 0.15) is 18.2 Å². The molecule has 6 nitrogen and oxygen atoms in total. The van der Waals surface area contributed by atoms with Crippen LogP contribution in [0.5, 0.6) is 0 Å². The lowest BCUT2D eigenvalue weighted by molar-refractivity contribution is -0.122. The number of hydrogen-bond donors (Lipinski definition) is 1. The molecule has 0 saturated heterocycles. The summed E-state index contributed by atoms with van der Waals surface area (Å²) in [7, 11) is 1.47. The SMILES string of the molecule is CN(CC(=O)N[C@H](C#N)c1ccsc1)C(=O)OC(C)(C)C. The highest BCUT2D eigenvalue weighted by Gasteiger charge is 2.22. The Labute approximate surface area is 128 Å². The van der Waals surface area contributed by atoms with Crippen LogP contribution in [0, 0.1) is 11.3 Å². The second kappa shape index (κ2) is 7.09. The maximum atomic E-state index is 11.9. The van der Waals surface area contributed by atoms with Gasteiger partial charge in [0.25, 0.3) is 0 Å². The average Bonchev–Trinajstić information content (AvgIpc) is 2.87. The molecule has 0 aromatic carbocycles. The molecule has 1 aromatic heterocycles. The van der Waals surface area contributed by atoms with E-state index < -0.39 is 23.6 Å². The third-order valence-corrected chi connectivity index (χ3v) is 3.10. The van der Waals surface area contributed by atoms with Crippen molar-refractivity contribution < 1.29 is 14.3 Å². The van der Waals surface area contributed by atoms with Crippen molar-refractivity contribution in [3.8, 4) is 6.07 Å². The van der Waals surface area contributed by atoms with Gasteiger partial charge in [-0.2, -0.15) is 16.6 Å². The normalized spacial score (nSPS) is 12.1. The molecule has 1 rings (SSSR count). The molecular weight excluding hydrogens is 290 g/mol. The van der Waals surface area contributed by atoms with Crippen molar-refractivity contribution in [1.29, 1.82) is 5.26 Å². The summed E-state index contributed by atoms with van der Waals surface area (Å²) >= 11 is 1.45. The van der Waals surface area contributed by atoms with Gasteiger partial charge in [-0.15, -0.1) is 0 Å². The lowest BCUT2D eigenvalue weighted by atomic mass is 10.2. The fourth-order valence-electron chi connectivity index (χ4n) is 1.46. The Balaban J connectivity index is 2.53. The quantitative estimate of drug-likeness (QED) is 0.925. The summed E-state index contributed by atoms with van der Waals surface area (Å²) in [5, 5.41) is 15.3. The van der Waals surface area contributed by atoms with Gasteiger partial charge >= 0.3 is 6.09 Å². The number of hydrogen-bond acceptors (Lipinski definition) is 5. The van der Waals surface area contributed by atoms with E-state index in [1.807, 2.05) is 11.4 Å². The van der Waals surface area contributed by atoms with Crippen LogP contribution in [0.1, 0.15) is 32.4 Å². The van der Waals surface area contributed by atoms with Gasteiger partial charge in [-0.3, -0.25) is 4.79 Å². The molecule has 1 atom stereocenters. The van der Waals surface area contributed by atoms with Crippen molar-refractivity contribution in [2.75, 3.05) is 13.6 Å². The zero-order chi connectivity index (χ0) is 16.0. The Morgan fingerprint density at radius 3 is 2.67 bits per heavy atom. The number of nitriles is 1. The number of amides is 2. The molecule has 0 aliphatic rings. The summed E-state index contributed by atoms with van der Waals surface area (Å²) in [6, 6.07) is 3.08. The minimum Gasteiger partial charge on any atom is -0.444 e. The van der Waals surface area contributed by atoms with Crippen LogP contribution in [0.25, 0.3) is 0 Å². The summed E-state index contributed by atoms with van der Waals surface area (Å²) in [6.45, 7) is 5.08. The predicted molar refractivity (Wildman–Crippen MR) is 79.7 cm³/mol. The number of rotatable bonds is 4. The van der Waals surface area contributed by atoms with E-state index in [1.54, 1.807) is 32.2 Å². The zero-order valence-electron chi connectivity index (χ0n) is 12.5. The van der Waals surface area contributed by atoms with E-state index in [4.69, 9.17) is 10.00 Å². The van der Waals surface area contributed by atoms with Crippen molar-refractivity contribution in [3.63, 3.8) is 0 Å². The summed E-state index contributed by atoms with van der Waals surface area (Å²) in [5.41, 5.74) is 0.115. The molecule has 0 saturated carbocycles. The van der Waals surface area contributed by atoms with Crippen LogP contribution in [-0.2, 0) is 9.53 Å². The minimum atomic E-state index is -0.712. The maximum absolute atomic E-state index is 11.9. The van der Waals surface area contributed by atoms with Crippen molar-refractivity contribution in [2.45, 2.75) is 32.4 Å². The Morgan fingerprint density at radius 2 is 2.19 bits per heavy atom. The van der Waals surface area contributed by atoms with E-state index in [9.17, 15) is 9.59 Å². The lowest BCUT2D eigenvalue weighted by Gasteiger charge is -2.24. The molecular formula is C14H19N3O3S. The Hall–Kier alpha value is -2.07. The molecule has 1 aromatic rings. The summed E-state index contributed by atoms with van der Waals surface area (Å²) < 4.78 is 5.15. The van der Waals surface area contributed by atoms with Crippen molar-refractivity contribution in [1.82, 2.24) is 10.2 Å². The molecule has 0 aliphatic heterocycles. The van der Waals surface area contributed by atoms with E-state index in [2.05, 4.69) is 5.32 Å². The number of nitrogens with zero attached hydrogens (tertiary/aromatic N) is 2. The summed E-state index contributed by atoms with van der Waals surface area (Å²) in [6.07, 6.45) is -0.582. The molecule has 114 valence electrons. The molecule has 0 unspecified atom stereocenters. The number of thiophene rings is 1. The highest BCUT2D eigenvalue weighted by Crippen LogP contribution is 2.15. The van der Waals surface area contributed by atoms with Crippen molar-refractivity contribution >= 4 is 23.3 Å². The Morgan fingerprint density at radius 1 is 1.52 bits per heavy atom. The first-order valence-electron chi connectivity index (χ1n) is 6.38. The number of nitrogens with one attached hydrogen (secondary N) is 1. The summed E-state index contributed by atoms with van der Waals surface area (Å²) in [5.74, 6) is -0.416. The van der Waals surface area contributed by atoms with Crippen LogP contribution in [-0.4, -0.2) is 36.1 Å². The van der Waals surface area contributed by atoms with E-state index in [-0.39, 0.29) is 6.54 Å². The minimum absolute atomic E-state index is 0.169. The third-order valence-electron chi connectivity index (χ3n) is 2.40. The van der Waals surface area contributed by atoms with Crippen molar-refractivity contribution in [2.24, 2.45) is 0 Å². The van der Waals surface area contributed by atoms with E-state index >= 15 is 0 Å². The number of carbonyl (C=O) groups is 2. The molecule has 2 amide bonds. The fourth-order valence-corrected chi connectivity index (χ4v) is 2.14.